The molecule has 4 heteroatoms. The SMILES string of the molecule is CCCCOc1ccc(CC(=O)O)cc1C1=C(CCN(C)C)Cc2ccccc21. The second kappa shape index (κ2) is 9.75. The Hall–Kier alpha value is -2.59. The van der Waals surface area contributed by atoms with Crippen LogP contribution in [0.25, 0.3) is 5.57 Å². The molecule has 0 atom stereocenters. The Morgan fingerprint density at radius 3 is 2.66 bits per heavy atom. The van der Waals surface area contributed by atoms with E-state index in [1.54, 1.807) is 0 Å². The topological polar surface area (TPSA) is 49.8 Å². The molecule has 2 aromatic rings. The van der Waals surface area contributed by atoms with E-state index in [-0.39, 0.29) is 6.42 Å². The van der Waals surface area contributed by atoms with Gasteiger partial charge in [0.2, 0.25) is 0 Å². The van der Waals surface area contributed by atoms with Crippen LogP contribution in [0, 0.1) is 0 Å². The van der Waals surface area contributed by atoms with Gasteiger partial charge in [-0.15, -0.1) is 0 Å². The summed E-state index contributed by atoms with van der Waals surface area (Å²) in [5.74, 6) is 0.0332. The third kappa shape index (κ3) is 5.27. The smallest absolute Gasteiger partial charge is 0.307 e. The molecule has 0 spiro atoms. The van der Waals surface area contributed by atoms with Gasteiger partial charge in [0, 0.05) is 12.1 Å². The van der Waals surface area contributed by atoms with E-state index in [0.717, 1.165) is 49.1 Å². The summed E-state index contributed by atoms with van der Waals surface area (Å²) in [6.45, 7) is 3.80. The lowest BCUT2D eigenvalue weighted by Gasteiger charge is -2.17. The summed E-state index contributed by atoms with van der Waals surface area (Å²) in [7, 11) is 4.18. The molecular weight excluding hydrogens is 362 g/mol. The number of hydrogen-bond acceptors (Lipinski definition) is 3. The number of nitrogens with zero attached hydrogens (tertiary/aromatic N) is 1. The number of carboxylic acids is 1. The average molecular weight is 394 g/mol. The lowest BCUT2D eigenvalue weighted by atomic mass is 9.93. The maximum atomic E-state index is 11.3. The minimum atomic E-state index is -0.816. The second-order valence-corrected chi connectivity index (χ2v) is 7.97. The van der Waals surface area contributed by atoms with E-state index < -0.39 is 5.97 Å². The molecule has 0 amide bonds. The number of fused-ring (bicyclic) bond motifs is 1. The molecule has 0 aromatic heterocycles. The van der Waals surface area contributed by atoms with Crippen LogP contribution in [0.4, 0.5) is 0 Å². The fourth-order valence-electron chi connectivity index (χ4n) is 3.84. The predicted octanol–water partition coefficient (Wildman–Crippen LogP) is 4.80. The quantitative estimate of drug-likeness (QED) is 0.589. The number of rotatable bonds is 10. The number of aliphatic carboxylic acids is 1. The summed E-state index contributed by atoms with van der Waals surface area (Å²) in [5.41, 5.74) is 7.03. The van der Waals surface area contributed by atoms with Gasteiger partial charge in [-0.05, 0) is 67.8 Å². The molecule has 1 aliphatic carbocycles. The van der Waals surface area contributed by atoms with Gasteiger partial charge >= 0.3 is 5.97 Å². The molecule has 0 aliphatic heterocycles. The minimum absolute atomic E-state index is 0.0181. The molecular formula is C25H31NO3. The van der Waals surface area contributed by atoms with Gasteiger partial charge in [0.1, 0.15) is 5.75 Å². The molecule has 0 fully saturated rings. The largest absolute Gasteiger partial charge is 0.493 e. The third-order valence-corrected chi connectivity index (χ3v) is 5.33. The highest BCUT2D eigenvalue weighted by molar-refractivity contribution is 5.90. The van der Waals surface area contributed by atoms with Crippen molar-refractivity contribution in [1.82, 2.24) is 4.90 Å². The number of carbonyl (C=O) groups is 1. The second-order valence-electron chi connectivity index (χ2n) is 7.97. The molecule has 1 aliphatic rings. The molecule has 4 nitrogen and oxygen atoms in total. The average Bonchev–Trinajstić information content (AvgIpc) is 3.05. The van der Waals surface area contributed by atoms with Crippen LogP contribution in [0.15, 0.2) is 48.0 Å². The molecule has 29 heavy (non-hydrogen) atoms. The van der Waals surface area contributed by atoms with Gasteiger partial charge < -0.3 is 14.7 Å². The first-order valence-electron chi connectivity index (χ1n) is 10.4. The summed E-state index contributed by atoms with van der Waals surface area (Å²) in [6, 6.07) is 14.4. The number of carboxylic acid groups (broad SMARTS) is 1. The van der Waals surface area contributed by atoms with Crippen molar-refractivity contribution in [3.05, 3.63) is 70.3 Å². The molecule has 0 bridgehead atoms. The van der Waals surface area contributed by atoms with Crippen molar-refractivity contribution < 1.29 is 14.6 Å². The van der Waals surface area contributed by atoms with Crippen LogP contribution in [0.5, 0.6) is 5.75 Å². The third-order valence-electron chi connectivity index (χ3n) is 5.33. The zero-order valence-electron chi connectivity index (χ0n) is 17.7. The molecule has 154 valence electrons. The lowest BCUT2D eigenvalue weighted by molar-refractivity contribution is -0.136. The van der Waals surface area contributed by atoms with Crippen molar-refractivity contribution in [2.24, 2.45) is 0 Å². The number of ether oxygens (including phenoxy) is 1. The highest BCUT2D eigenvalue weighted by Gasteiger charge is 2.25. The van der Waals surface area contributed by atoms with Gasteiger partial charge in [-0.25, -0.2) is 0 Å². The van der Waals surface area contributed by atoms with Gasteiger partial charge in [-0.3, -0.25) is 4.79 Å². The van der Waals surface area contributed by atoms with Gasteiger partial charge in [-0.1, -0.05) is 49.2 Å². The van der Waals surface area contributed by atoms with Crippen LogP contribution in [-0.4, -0.2) is 43.2 Å². The van der Waals surface area contributed by atoms with Crippen LogP contribution in [-0.2, 0) is 17.6 Å². The van der Waals surface area contributed by atoms with Crippen LogP contribution >= 0.6 is 0 Å². The molecule has 2 aromatic carbocycles. The maximum Gasteiger partial charge on any atom is 0.307 e. The lowest BCUT2D eigenvalue weighted by Crippen LogP contribution is -2.14. The molecule has 0 radical (unpaired) electrons. The van der Waals surface area contributed by atoms with Gasteiger partial charge in [0.05, 0.1) is 13.0 Å². The Kier molecular flexibility index (Phi) is 7.10. The van der Waals surface area contributed by atoms with E-state index in [4.69, 9.17) is 4.74 Å². The van der Waals surface area contributed by atoms with Crippen molar-refractivity contribution in [2.45, 2.75) is 39.0 Å². The number of hydrogen-bond donors (Lipinski definition) is 1. The van der Waals surface area contributed by atoms with Crippen molar-refractivity contribution in [2.75, 3.05) is 27.2 Å². The van der Waals surface area contributed by atoms with Crippen molar-refractivity contribution in [3.63, 3.8) is 0 Å². The van der Waals surface area contributed by atoms with Gasteiger partial charge in [0.25, 0.3) is 0 Å². The summed E-state index contributed by atoms with van der Waals surface area (Å²) >= 11 is 0. The monoisotopic (exact) mass is 393 g/mol. The Morgan fingerprint density at radius 2 is 1.93 bits per heavy atom. The van der Waals surface area contributed by atoms with E-state index in [1.807, 2.05) is 18.2 Å². The first kappa shape index (κ1) is 21.1. The summed E-state index contributed by atoms with van der Waals surface area (Å²) in [6.07, 6.45) is 4.02. The molecule has 0 heterocycles. The Morgan fingerprint density at radius 1 is 1.14 bits per heavy atom. The zero-order valence-corrected chi connectivity index (χ0v) is 17.7. The van der Waals surface area contributed by atoms with Crippen LogP contribution < -0.4 is 4.74 Å². The van der Waals surface area contributed by atoms with E-state index >= 15 is 0 Å². The van der Waals surface area contributed by atoms with E-state index in [0.29, 0.717) is 6.61 Å². The summed E-state index contributed by atoms with van der Waals surface area (Å²) < 4.78 is 6.15. The van der Waals surface area contributed by atoms with E-state index in [2.05, 4.69) is 50.2 Å². The highest BCUT2D eigenvalue weighted by Crippen LogP contribution is 2.42. The summed E-state index contributed by atoms with van der Waals surface area (Å²) in [4.78, 5) is 13.5. The zero-order chi connectivity index (χ0) is 20.8. The van der Waals surface area contributed by atoms with Crippen molar-refractivity contribution in [3.8, 4) is 5.75 Å². The van der Waals surface area contributed by atoms with Crippen LogP contribution in [0.2, 0.25) is 0 Å². The van der Waals surface area contributed by atoms with Gasteiger partial charge in [0.15, 0.2) is 0 Å². The van der Waals surface area contributed by atoms with Crippen LogP contribution in [0.3, 0.4) is 0 Å². The van der Waals surface area contributed by atoms with E-state index in [1.165, 1.54) is 22.3 Å². The fraction of sp³-hybridized carbons (Fsp3) is 0.400. The normalized spacial score (nSPS) is 13.1. The highest BCUT2D eigenvalue weighted by atomic mass is 16.5. The predicted molar refractivity (Wildman–Crippen MR) is 118 cm³/mol. The first-order chi connectivity index (χ1) is 14.0. The molecule has 0 saturated heterocycles. The maximum absolute atomic E-state index is 11.3. The Labute approximate surface area is 173 Å². The summed E-state index contributed by atoms with van der Waals surface area (Å²) in [5, 5.41) is 9.27. The molecule has 0 unspecified atom stereocenters. The number of benzene rings is 2. The Bertz CT molecular complexity index is 899. The fourth-order valence-corrected chi connectivity index (χ4v) is 3.84. The molecule has 1 N–H and O–H groups in total. The first-order valence-corrected chi connectivity index (χ1v) is 10.4. The standard InChI is InChI=1S/C25H31NO3/c1-4-5-14-29-23-11-10-18(16-24(27)28)15-22(23)25-20(12-13-26(2)3)17-19-8-6-7-9-21(19)25/h6-11,15H,4-5,12-14,16-17H2,1-3H3,(H,27,28). The van der Waals surface area contributed by atoms with Gasteiger partial charge in [-0.2, -0.15) is 0 Å². The van der Waals surface area contributed by atoms with Crippen molar-refractivity contribution >= 4 is 11.5 Å². The molecule has 3 rings (SSSR count). The Balaban J connectivity index is 2.08. The van der Waals surface area contributed by atoms with Crippen LogP contribution in [0.1, 0.15) is 48.4 Å². The minimum Gasteiger partial charge on any atom is -0.493 e. The van der Waals surface area contributed by atoms with Crippen molar-refractivity contribution in [1.29, 1.82) is 0 Å². The van der Waals surface area contributed by atoms with E-state index in [9.17, 15) is 9.90 Å². The number of unbranched alkanes of at least 4 members (excludes halogenated alkanes) is 1. The molecule has 0 saturated carbocycles.